The molecule has 1 unspecified atom stereocenters. The summed E-state index contributed by atoms with van der Waals surface area (Å²) in [4.78, 5) is 6.22. The van der Waals surface area contributed by atoms with Crippen LogP contribution < -0.4 is 10.1 Å². The number of likely N-dealkylation sites (N-methyl/N-ethyl adjacent to an activating group) is 1. The van der Waals surface area contributed by atoms with Gasteiger partial charge in [0.15, 0.2) is 15.8 Å². The van der Waals surface area contributed by atoms with E-state index in [9.17, 15) is 8.42 Å². The van der Waals surface area contributed by atoms with E-state index in [0.29, 0.717) is 25.4 Å². The first-order valence-electron chi connectivity index (χ1n) is 7.80. The second kappa shape index (κ2) is 10.1. The van der Waals surface area contributed by atoms with Crippen LogP contribution in [-0.2, 0) is 9.84 Å². The lowest BCUT2D eigenvalue weighted by molar-refractivity contribution is 0.281. The van der Waals surface area contributed by atoms with Gasteiger partial charge in [0.2, 0.25) is 0 Å². The van der Waals surface area contributed by atoms with Crippen molar-refractivity contribution in [2.45, 2.75) is 6.42 Å². The molecule has 2 rings (SSSR count). The first-order valence-corrected chi connectivity index (χ1v) is 9.62. The van der Waals surface area contributed by atoms with E-state index >= 15 is 0 Å². The van der Waals surface area contributed by atoms with Crippen LogP contribution in [-0.4, -0.2) is 64.6 Å². The Balaban J connectivity index is 0.00000288. The molecule has 0 aromatic heterocycles. The highest BCUT2D eigenvalue weighted by Crippen LogP contribution is 2.17. The standard InChI is InChI=1S/C16H25N3O3S.HI/c1-17-16(18-12-14-8-11-23(20,21)13-14)19(2)9-10-22-15-6-4-3-5-7-15;/h3-7,14H,8-13H2,1-2H3,(H,17,18);1H. The summed E-state index contributed by atoms with van der Waals surface area (Å²) in [6, 6.07) is 9.68. The molecule has 1 atom stereocenters. The number of rotatable bonds is 6. The first-order chi connectivity index (χ1) is 11.0. The van der Waals surface area contributed by atoms with Crippen LogP contribution in [0.5, 0.6) is 5.75 Å². The van der Waals surface area contributed by atoms with Crippen molar-refractivity contribution in [3.63, 3.8) is 0 Å². The highest BCUT2D eigenvalue weighted by Gasteiger charge is 2.27. The zero-order valence-electron chi connectivity index (χ0n) is 14.1. The van der Waals surface area contributed by atoms with Gasteiger partial charge in [-0.15, -0.1) is 24.0 Å². The summed E-state index contributed by atoms with van der Waals surface area (Å²) in [5.74, 6) is 2.35. The Morgan fingerprint density at radius 2 is 2.08 bits per heavy atom. The number of hydrogen-bond acceptors (Lipinski definition) is 4. The first kappa shape index (κ1) is 21.0. The van der Waals surface area contributed by atoms with Crippen LogP contribution in [0.3, 0.4) is 0 Å². The van der Waals surface area contributed by atoms with E-state index in [-0.39, 0.29) is 35.6 Å². The van der Waals surface area contributed by atoms with Gasteiger partial charge in [0.1, 0.15) is 12.4 Å². The van der Waals surface area contributed by atoms with Crippen molar-refractivity contribution < 1.29 is 13.2 Å². The van der Waals surface area contributed by atoms with Crippen molar-refractivity contribution in [1.29, 1.82) is 0 Å². The summed E-state index contributed by atoms with van der Waals surface area (Å²) in [6.07, 6.45) is 0.729. The van der Waals surface area contributed by atoms with Gasteiger partial charge in [0.05, 0.1) is 18.1 Å². The summed E-state index contributed by atoms with van der Waals surface area (Å²) in [6.45, 7) is 1.88. The third-order valence-electron chi connectivity index (χ3n) is 3.89. The van der Waals surface area contributed by atoms with Gasteiger partial charge < -0.3 is 15.0 Å². The lowest BCUT2D eigenvalue weighted by Gasteiger charge is -2.23. The number of nitrogens with zero attached hydrogens (tertiary/aromatic N) is 2. The molecular weight excluding hydrogens is 441 g/mol. The van der Waals surface area contributed by atoms with Crippen LogP contribution in [0.1, 0.15) is 6.42 Å². The zero-order valence-corrected chi connectivity index (χ0v) is 17.3. The molecular formula is C16H26IN3O3S. The van der Waals surface area contributed by atoms with E-state index in [1.807, 2.05) is 42.3 Å². The van der Waals surface area contributed by atoms with E-state index in [0.717, 1.165) is 18.1 Å². The monoisotopic (exact) mass is 467 g/mol. The van der Waals surface area contributed by atoms with Crippen molar-refractivity contribution in [3.05, 3.63) is 30.3 Å². The van der Waals surface area contributed by atoms with Crippen molar-refractivity contribution in [1.82, 2.24) is 10.2 Å². The molecule has 24 heavy (non-hydrogen) atoms. The molecule has 0 bridgehead atoms. The average Bonchev–Trinajstić information content (AvgIpc) is 2.88. The maximum Gasteiger partial charge on any atom is 0.193 e. The molecule has 0 amide bonds. The predicted octanol–water partition coefficient (Wildman–Crippen LogP) is 1.63. The highest BCUT2D eigenvalue weighted by molar-refractivity contribution is 14.0. The van der Waals surface area contributed by atoms with Crippen molar-refractivity contribution >= 4 is 39.8 Å². The van der Waals surface area contributed by atoms with Gasteiger partial charge in [0, 0.05) is 20.6 Å². The summed E-state index contributed by atoms with van der Waals surface area (Å²) in [5.41, 5.74) is 0. The van der Waals surface area contributed by atoms with Crippen LogP contribution in [0.25, 0.3) is 0 Å². The number of hydrogen-bond donors (Lipinski definition) is 1. The Morgan fingerprint density at radius 3 is 2.67 bits per heavy atom. The molecule has 1 fully saturated rings. The van der Waals surface area contributed by atoms with Gasteiger partial charge in [-0.1, -0.05) is 18.2 Å². The van der Waals surface area contributed by atoms with Gasteiger partial charge in [-0.05, 0) is 24.5 Å². The van der Waals surface area contributed by atoms with E-state index in [1.165, 1.54) is 0 Å². The Labute approximate surface area is 161 Å². The second-order valence-electron chi connectivity index (χ2n) is 5.78. The summed E-state index contributed by atoms with van der Waals surface area (Å²) in [7, 11) is 0.835. The smallest absolute Gasteiger partial charge is 0.193 e. The van der Waals surface area contributed by atoms with Crippen molar-refractivity contribution in [2.75, 3.05) is 45.3 Å². The minimum atomic E-state index is -2.83. The molecule has 0 spiro atoms. The number of para-hydroxylation sites is 1. The SMILES string of the molecule is CN=C(NCC1CCS(=O)(=O)C1)N(C)CCOc1ccccc1.I. The predicted molar refractivity (Wildman–Crippen MR) is 108 cm³/mol. The molecule has 1 aromatic carbocycles. The van der Waals surface area contributed by atoms with Crippen molar-refractivity contribution in [2.24, 2.45) is 10.9 Å². The van der Waals surface area contributed by atoms with E-state index in [2.05, 4.69) is 10.3 Å². The molecule has 1 heterocycles. The molecule has 1 aliphatic heterocycles. The largest absolute Gasteiger partial charge is 0.492 e. The molecule has 1 saturated heterocycles. The fraction of sp³-hybridized carbons (Fsp3) is 0.562. The molecule has 0 saturated carbocycles. The van der Waals surface area contributed by atoms with Crippen LogP contribution in [0.2, 0.25) is 0 Å². The quantitative estimate of drug-likeness (QED) is 0.391. The summed E-state index contributed by atoms with van der Waals surface area (Å²) < 4.78 is 28.6. The van der Waals surface area contributed by atoms with Gasteiger partial charge in [0.25, 0.3) is 0 Å². The molecule has 0 radical (unpaired) electrons. The average molecular weight is 467 g/mol. The molecule has 1 aliphatic rings. The number of halogens is 1. The van der Waals surface area contributed by atoms with E-state index in [4.69, 9.17) is 4.74 Å². The second-order valence-corrected chi connectivity index (χ2v) is 8.01. The van der Waals surface area contributed by atoms with E-state index in [1.54, 1.807) is 7.05 Å². The molecule has 1 aromatic rings. The molecule has 8 heteroatoms. The van der Waals surface area contributed by atoms with Crippen LogP contribution in [0.4, 0.5) is 0 Å². The maximum absolute atomic E-state index is 11.5. The fourth-order valence-corrected chi connectivity index (χ4v) is 4.44. The normalized spacial score (nSPS) is 19.4. The Kier molecular flexibility index (Phi) is 8.82. The third-order valence-corrected chi connectivity index (χ3v) is 5.72. The van der Waals surface area contributed by atoms with Gasteiger partial charge in [-0.2, -0.15) is 0 Å². The minimum Gasteiger partial charge on any atom is -0.492 e. The van der Waals surface area contributed by atoms with Crippen LogP contribution in [0.15, 0.2) is 35.3 Å². The van der Waals surface area contributed by atoms with Gasteiger partial charge in [-0.3, -0.25) is 4.99 Å². The zero-order chi connectivity index (χ0) is 16.7. The molecule has 0 aliphatic carbocycles. The fourth-order valence-electron chi connectivity index (χ4n) is 2.58. The maximum atomic E-state index is 11.5. The number of aliphatic imine (C=N–C) groups is 1. The molecule has 136 valence electrons. The van der Waals surface area contributed by atoms with Crippen molar-refractivity contribution in [3.8, 4) is 5.75 Å². The number of benzene rings is 1. The van der Waals surface area contributed by atoms with Crippen LogP contribution in [0, 0.1) is 5.92 Å². The van der Waals surface area contributed by atoms with Crippen LogP contribution >= 0.6 is 24.0 Å². The molecule has 1 N–H and O–H groups in total. The summed E-state index contributed by atoms with van der Waals surface area (Å²) in [5, 5.41) is 3.25. The van der Waals surface area contributed by atoms with Gasteiger partial charge in [-0.25, -0.2) is 8.42 Å². The molecule has 6 nitrogen and oxygen atoms in total. The number of nitrogens with one attached hydrogen (secondary N) is 1. The Bertz CT molecular complexity index is 623. The topological polar surface area (TPSA) is 71.0 Å². The Morgan fingerprint density at radius 1 is 1.38 bits per heavy atom. The number of ether oxygens (including phenoxy) is 1. The minimum absolute atomic E-state index is 0. The Hall–Kier alpha value is -1.03. The highest BCUT2D eigenvalue weighted by atomic mass is 127. The number of sulfone groups is 1. The lowest BCUT2D eigenvalue weighted by atomic mass is 10.1. The van der Waals surface area contributed by atoms with E-state index < -0.39 is 9.84 Å². The lowest BCUT2D eigenvalue weighted by Crippen LogP contribution is -2.42. The summed E-state index contributed by atoms with van der Waals surface area (Å²) >= 11 is 0. The third kappa shape index (κ3) is 6.84. The number of guanidine groups is 1. The van der Waals surface area contributed by atoms with Gasteiger partial charge >= 0.3 is 0 Å².